The lowest BCUT2D eigenvalue weighted by molar-refractivity contribution is -0.652. The predicted octanol–water partition coefficient (Wildman–Crippen LogP) is 1.30. The molecular formula is C15H22N5+. The SMILES string of the molecule is Cc1c(NC2=NCCN2)cc(C)c2c1n(C)c(C)[n+]2C. The van der Waals surface area contributed by atoms with E-state index in [-0.39, 0.29) is 0 Å². The fraction of sp³-hybridized carbons (Fsp3) is 0.467. The van der Waals surface area contributed by atoms with E-state index < -0.39 is 0 Å². The smallest absolute Gasteiger partial charge is 0.253 e. The Morgan fingerprint density at radius 1 is 1.35 bits per heavy atom. The van der Waals surface area contributed by atoms with E-state index in [4.69, 9.17) is 0 Å². The summed E-state index contributed by atoms with van der Waals surface area (Å²) in [7, 11) is 4.25. The summed E-state index contributed by atoms with van der Waals surface area (Å²) in [5.41, 5.74) is 6.25. The van der Waals surface area contributed by atoms with Crippen molar-refractivity contribution in [2.24, 2.45) is 19.1 Å². The molecule has 0 radical (unpaired) electrons. The molecule has 1 aliphatic rings. The molecule has 106 valence electrons. The Balaban J connectivity index is 2.20. The number of guanidine groups is 1. The fourth-order valence-corrected chi connectivity index (χ4v) is 3.01. The number of hydrogen-bond donors (Lipinski definition) is 2. The highest BCUT2D eigenvalue weighted by molar-refractivity contribution is 5.98. The van der Waals surface area contributed by atoms with Crippen LogP contribution in [0.15, 0.2) is 11.1 Å². The minimum atomic E-state index is 0.848. The van der Waals surface area contributed by atoms with Crippen molar-refractivity contribution >= 4 is 22.7 Å². The van der Waals surface area contributed by atoms with Crippen LogP contribution in [-0.2, 0) is 14.1 Å². The van der Waals surface area contributed by atoms with E-state index in [1.54, 1.807) is 0 Å². The molecule has 2 aromatic rings. The van der Waals surface area contributed by atoms with Gasteiger partial charge in [-0.2, -0.15) is 0 Å². The molecular weight excluding hydrogens is 250 g/mol. The van der Waals surface area contributed by atoms with Gasteiger partial charge in [-0.25, -0.2) is 9.13 Å². The Morgan fingerprint density at radius 2 is 2.10 bits per heavy atom. The fourth-order valence-electron chi connectivity index (χ4n) is 3.01. The van der Waals surface area contributed by atoms with Crippen LogP contribution in [0.25, 0.3) is 11.0 Å². The molecule has 20 heavy (non-hydrogen) atoms. The van der Waals surface area contributed by atoms with E-state index in [1.165, 1.54) is 28.0 Å². The molecule has 3 rings (SSSR count). The van der Waals surface area contributed by atoms with Crippen LogP contribution >= 0.6 is 0 Å². The van der Waals surface area contributed by atoms with Gasteiger partial charge in [0.15, 0.2) is 17.0 Å². The maximum Gasteiger partial charge on any atom is 0.253 e. The van der Waals surface area contributed by atoms with Crippen molar-refractivity contribution in [1.82, 2.24) is 9.88 Å². The van der Waals surface area contributed by atoms with E-state index in [1.807, 2.05) is 0 Å². The normalized spacial score (nSPS) is 14.6. The molecule has 5 nitrogen and oxygen atoms in total. The first-order valence-electron chi connectivity index (χ1n) is 7.01. The highest BCUT2D eigenvalue weighted by Gasteiger charge is 2.22. The zero-order valence-corrected chi connectivity index (χ0v) is 12.8. The summed E-state index contributed by atoms with van der Waals surface area (Å²) in [5, 5.41) is 6.67. The molecule has 1 aromatic carbocycles. The molecule has 1 aliphatic heterocycles. The van der Waals surface area contributed by atoms with Gasteiger partial charge in [-0.05, 0) is 19.9 Å². The zero-order valence-electron chi connectivity index (χ0n) is 12.8. The van der Waals surface area contributed by atoms with Gasteiger partial charge < -0.3 is 10.6 Å². The number of nitrogens with one attached hydrogen (secondary N) is 2. The van der Waals surface area contributed by atoms with Gasteiger partial charge in [-0.15, -0.1) is 0 Å². The number of aromatic nitrogens is 2. The predicted molar refractivity (Wildman–Crippen MR) is 82.2 cm³/mol. The van der Waals surface area contributed by atoms with Crippen molar-refractivity contribution in [1.29, 1.82) is 0 Å². The van der Waals surface area contributed by atoms with Crippen molar-refractivity contribution in [2.75, 3.05) is 18.4 Å². The van der Waals surface area contributed by atoms with Crippen molar-refractivity contribution in [3.05, 3.63) is 23.0 Å². The van der Waals surface area contributed by atoms with Gasteiger partial charge in [-0.3, -0.25) is 4.99 Å². The second kappa shape index (κ2) is 4.51. The minimum Gasteiger partial charge on any atom is -0.354 e. The molecule has 1 aromatic heterocycles. The summed E-state index contributed by atoms with van der Waals surface area (Å²) in [4.78, 5) is 4.41. The van der Waals surface area contributed by atoms with Crippen molar-refractivity contribution in [3.8, 4) is 0 Å². The Morgan fingerprint density at radius 3 is 2.75 bits per heavy atom. The second-order valence-electron chi connectivity index (χ2n) is 5.51. The molecule has 0 atom stereocenters. The number of aryl methyl sites for hydroxylation is 4. The van der Waals surface area contributed by atoms with Crippen LogP contribution in [0.3, 0.4) is 0 Å². The molecule has 0 spiro atoms. The van der Waals surface area contributed by atoms with Gasteiger partial charge in [0.05, 0.1) is 20.6 Å². The van der Waals surface area contributed by atoms with Crippen LogP contribution in [0.4, 0.5) is 5.69 Å². The number of nitrogens with zero attached hydrogens (tertiary/aromatic N) is 3. The number of anilines is 1. The number of rotatable bonds is 1. The van der Waals surface area contributed by atoms with Gasteiger partial charge in [-0.1, -0.05) is 0 Å². The summed E-state index contributed by atoms with van der Waals surface area (Å²) in [6.07, 6.45) is 0. The minimum absolute atomic E-state index is 0.848. The average Bonchev–Trinajstić information content (AvgIpc) is 2.99. The highest BCUT2D eigenvalue weighted by Crippen LogP contribution is 2.28. The summed E-state index contributed by atoms with van der Waals surface area (Å²) in [5.74, 6) is 2.13. The van der Waals surface area contributed by atoms with Gasteiger partial charge in [0.2, 0.25) is 0 Å². The molecule has 2 N–H and O–H groups in total. The van der Waals surface area contributed by atoms with Crippen LogP contribution < -0.4 is 15.2 Å². The molecule has 5 heteroatoms. The Bertz CT molecular complexity index is 724. The molecule has 2 heterocycles. The van der Waals surface area contributed by atoms with E-state index in [0.29, 0.717) is 0 Å². The largest absolute Gasteiger partial charge is 0.354 e. The first-order valence-corrected chi connectivity index (χ1v) is 7.01. The lowest BCUT2D eigenvalue weighted by atomic mass is 10.1. The maximum absolute atomic E-state index is 4.41. The van der Waals surface area contributed by atoms with Crippen LogP contribution in [0.5, 0.6) is 0 Å². The molecule has 0 aliphatic carbocycles. The third kappa shape index (κ3) is 1.77. The van der Waals surface area contributed by atoms with Gasteiger partial charge >= 0.3 is 0 Å². The summed E-state index contributed by atoms with van der Waals surface area (Å²) in [6.45, 7) is 8.24. The van der Waals surface area contributed by atoms with E-state index in [0.717, 1.165) is 24.7 Å². The van der Waals surface area contributed by atoms with Crippen molar-refractivity contribution in [2.45, 2.75) is 20.8 Å². The number of aliphatic imine (C=N–C) groups is 1. The van der Waals surface area contributed by atoms with Crippen LogP contribution in [-0.4, -0.2) is 23.6 Å². The standard InChI is InChI=1S/C15H22N5/c1-9-8-12(18-15-16-6-7-17-15)10(2)14-13(9)19(4)11(3)20(14)5/h8H,6-7H2,1-5H3,(H2,16,17,18)/q+1. The third-order valence-electron chi connectivity index (χ3n) is 4.29. The topological polar surface area (TPSA) is 45.2 Å². The van der Waals surface area contributed by atoms with E-state index in [9.17, 15) is 0 Å². The van der Waals surface area contributed by atoms with Gasteiger partial charge in [0.1, 0.15) is 0 Å². The first kappa shape index (κ1) is 13.0. The van der Waals surface area contributed by atoms with Crippen LogP contribution in [0.1, 0.15) is 17.0 Å². The number of benzene rings is 1. The zero-order chi connectivity index (χ0) is 14.4. The lowest BCUT2D eigenvalue weighted by Gasteiger charge is -2.11. The van der Waals surface area contributed by atoms with Crippen molar-refractivity contribution in [3.63, 3.8) is 0 Å². The first-order chi connectivity index (χ1) is 9.50. The number of imidazole rings is 1. The van der Waals surface area contributed by atoms with E-state index in [2.05, 4.69) is 65.7 Å². The van der Waals surface area contributed by atoms with Gasteiger partial charge in [0.25, 0.3) is 5.82 Å². The molecule has 0 fully saturated rings. The molecule has 0 amide bonds. The lowest BCUT2D eigenvalue weighted by Crippen LogP contribution is -2.31. The summed E-state index contributed by atoms with van der Waals surface area (Å²) < 4.78 is 4.51. The maximum atomic E-state index is 4.41. The number of fused-ring (bicyclic) bond motifs is 1. The summed E-state index contributed by atoms with van der Waals surface area (Å²) in [6, 6.07) is 2.21. The highest BCUT2D eigenvalue weighted by atomic mass is 15.2. The molecule has 0 bridgehead atoms. The monoisotopic (exact) mass is 272 g/mol. The van der Waals surface area contributed by atoms with E-state index >= 15 is 0 Å². The van der Waals surface area contributed by atoms with Gasteiger partial charge in [0, 0.05) is 30.3 Å². The number of hydrogen-bond acceptors (Lipinski definition) is 3. The summed E-state index contributed by atoms with van der Waals surface area (Å²) >= 11 is 0. The Hall–Kier alpha value is -2.04. The molecule has 0 unspecified atom stereocenters. The Labute approximate surface area is 119 Å². The Kier molecular flexibility index (Phi) is 2.92. The van der Waals surface area contributed by atoms with Crippen LogP contribution in [0, 0.1) is 20.8 Å². The average molecular weight is 272 g/mol. The second-order valence-corrected chi connectivity index (χ2v) is 5.51. The van der Waals surface area contributed by atoms with Crippen molar-refractivity contribution < 1.29 is 4.57 Å². The molecule has 0 saturated carbocycles. The quantitative estimate of drug-likeness (QED) is 0.769. The molecule has 0 saturated heterocycles. The third-order valence-corrected chi connectivity index (χ3v) is 4.29. The van der Waals surface area contributed by atoms with Crippen LogP contribution in [0.2, 0.25) is 0 Å².